The standard InChI is InChI=1S/C18H18N2O5/c1-23-13-6-4-5-12(9-13)14-10-19-15(24-14)11-20-16(21)18(25-17(20)22)7-2-3-8-18/h4-6,9-10H,2-3,7-8,11H2,1H3. The molecule has 2 heterocycles. The van der Waals surface area contributed by atoms with E-state index in [9.17, 15) is 9.59 Å². The van der Waals surface area contributed by atoms with Gasteiger partial charge in [-0.25, -0.2) is 14.7 Å². The zero-order valence-electron chi connectivity index (χ0n) is 13.9. The number of hydrogen-bond acceptors (Lipinski definition) is 6. The maximum atomic E-state index is 12.6. The van der Waals surface area contributed by atoms with Gasteiger partial charge in [-0.05, 0) is 37.8 Å². The van der Waals surface area contributed by atoms with Gasteiger partial charge in [-0.15, -0.1) is 0 Å². The molecule has 0 radical (unpaired) electrons. The van der Waals surface area contributed by atoms with E-state index in [0.717, 1.165) is 23.3 Å². The number of carbonyl (C=O) groups excluding carboxylic acids is 2. The van der Waals surface area contributed by atoms with Crippen molar-refractivity contribution in [2.45, 2.75) is 37.8 Å². The number of carbonyl (C=O) groups is 2. The van der Waals surface area contributed by atoms with Crippen LogP contribution in [0.1, 0.15) is 31.6 Å². The Morgan fingerprint density at radius 1 is 1.28 bits per heavy atom. The van der Waals surface area contributed by atoms with Crippen molar-refractivity contribution in [1.29, 1.82) is 0 Å². The number of nitrogens with zero attached hydrogens (tertiary/aromatic N) is 2. The minimum atomic E-state index is -0.959. The highest BCUT2D eigenvalue weighted by atomic mass is 16.6. The van der Waals surface area contributed by atoms with E-state index in [1.54, 1.807) is 13.3 Å². The highest BCUT2D eigenvalue weighted by Crippen LogP contribution is 2.40. The molecule has 4 rings (SSSR count). The molecule has 1 saturated carbocycles. The summed E-state index contributed by atoms with van der Waals surface area (Å²) in [5.41, 5.74) is -0.153. The summed E-state index contributed by atoms with van der Waals surface area (Å²) in [5.74, 6) is 1.26. The molecule has 1 aliphatic heterocycles. The third-order valence-corrected chi connectivity index (χ3v) is 4.75. The van der Waals surface area contributed by atoms with Crippen LogP contribution in [0, 0.1) is 0 Å². The Morgan fingerprint density at radius 3 is 2.84 bits per heavy atom. The fraction of sp³-hybridized carbons (Fsp3) is 0.389. The Bertz CT molecular complexity index is 822. The number of rotatable bonds is 4. The predicted octanol–water partition coefficient (Wildman–Crippen LogP) is 3.14. The Kier molecular flexibility index (Phi) is 3.71. The molecule has 7 heteroatoms. The van der Waals surface area contributed by atoms with E-state index in [4.69, 9.17) is 13.9 Å². The van der Waals surface area contributed by atoms with Crippen molar-refractivity contribution < 1.29 is 23.5 Å². The summed E-state index contributed by atoms with van der Waals surface area (Å²) >= 11 is 0. The molecule has 0 atom stereocenters. The molecule has 2 amide bonds. The number of methoxy groups -OCH3 is 1. The number of benzene rings is 1. The molecule has 1 aromatic carbocycles. The van der Waals surface area contributed by atoms with Crippen LogP contribution in [0.4, 0.5) is 4.79 Å². The SMILES string of the molecule is COc1cccc(-c2cnc(CN3C(=O)OC4(CCCC4)C3=O)o2)c1. The topological polar surface area (TPSA) is 81.9 Å². The minimum Gasteiger partial charge on any atom is -0.497 e. The summed E-state index contributed by atoms with van der Waals surface area (Å²) in [6.45, 7) is -0.0244. The number of aromatic nitrogens is 1. The maximum absolute atomic E-state index is 12.6. The van der Waals surface area contributed by atoms with Crippen molar-refractivity contribution in [3.05, 3.63) is 36.4 Å². The molecular formula is C18H18N2O5. The van der Waals surface area contributed by atoms with Crippen LogP contribution in [-0.4, -0.2) is 34.6 Å². The summed E-state index contributed by atoms with van der Waals surface area (Å²) in [7, 11) is 1.59. The number of ether oxygens (including phenoxy) is 2. The van der Waals surface area contributed by atoms with Gasteiger partial charge in [-0.2, -0.15) is 0 Å². The van der Waals surface area contributed by atoms with Crippen LogP contribution in [0.15, 0.2) is 34.9 Å². The normalized spacial score (nSPS) is 18.8. The van der Waals surface area contributed by atoms with Gasteiger partial charge in [0.25, 0.3) is 5.91 Å². The monoisotopic (exact) mass is 342 g/mol. The first-order valence-electron chi connectivity index (χ1n) is 8.25. The van der Waals surface area contributed by atoms with Gasteiger partial charge < -0.3 is 13.9 Å². The molecule has 1 aromatic heterocycles. The Hall–Kier alpha value is -2.83. The number of hydrogen-bond donors (Lipinski definition) is 0. The second kappa shape index (κ2) is 5.91. The van der Waals surface area contributed by atoms with E-state index in [0.29, 0.717) is 24.4 Å². The third kappa shape index (κ3) is 2.65. The van der Waals surface area contributed by atoms with Crippen LogP contribution in [0.25, 0.3) is 11.3 Å². The number of imide groups is 1. The number of amides is 2. The van der Waals surface area contributed by atoms with E-state index in [1.165, 1.54) is 0 Å². The largest absolute Gasteiger partial charge is 0.497 e. The Labute approximate surface area is 144 Å². The van der Waals surface area contributed by atoms with Crippen molar-refractivity contribution in [2.24, 2.45) is 0 Å². The fourth-order valence-electron chi connectivity index (χ4n) is 3.42. The molecule has 1 aliphatic carbocycles. The summed E-state index contributed by atoms with van der Waals surface area (Å²) in [4.78, 5) is 30.0. The van der Waals surface area contributed by atoms with Crippen LogP contribution in [0.2, 0.25) is 0 Å². The zero-order chi connectivity index (χ0) is 17.4. The van der Waals surface area contributed by atoms with Crippen LogP contribution in [-0.2, 0) is 16.1 Å². The van der Waals surface area contributed by atoms with E-state index >= 15 is 0 Å². The highest BCUT2D eigenvalue weighted by Gasteiger charge is 2.55. The maximum Gasteiger partial charge on any atom is 0.418 e. The quantitative estimate of drug-likeness (QED) is 0.849. The first-order chi connectivity index (χ1) is 12.1. The van der Waals surface area contributed by atoms with Crippen molar-refractivity contribution in [2.75, 3.05) is 7.11 Å². The molecule has 1 spiro atoms. The highest BCUT2D eigenvalue weighted by molar-refractivity contribution is 6.02. The Morgan fingerprint density at radius 2 is 2.08 bits per heavy atom. The second-order valence-electron chi connectivity index (χ2n) is 6.31. The van der Waals surface area contributed by atoms with E-state index in [-0.39, 0.29) is 18.3 Å². The molecule has 1 saturated heterocycles. The van der Waals surface area contributed by atoms with Gasteiger partial charge in [0, 0.05) is 5.56 Å². The van der Waals surface area contributed by atoms with Gasteiger partial charge in [0.1, 0.15) is 12.3 Å². The summed E-state index contributed by atoms with van der Waals surface area (Å²) in [6.07, 6.45) is 3.93. The molecule has 0 unspecified atom stereocenters. The van der Waals surface area contributed by atoms with Gasteiger partial charge in [-0.1, -0.05) is 12.1 Å². The summed E-state index contributed by atoms with van der Waals surface area (Å²) in [5, 5.41) is 0. The van der Waals surface area contributed by atoms with Gasteiger partial charge in [0.2, 0.25) is 5.89 Å². The van der Waals surface area contributed by atoms with Crippen molar-refractivity contribution in [1.82, 2.24) is 9.88 Å². The molecule has 25 heavy (non-hydrogen) atoms. The molecule has 130 valence electrons. The van der Waals surface area contributed by atoms with Crippen LogP contribution < -0.4 is 4.74 Å². The molecule has 0 N–H and O–H groups in total. The smallest absolute Gasteiger partial charge is 0.418 e. The molecule has 0 bridgehead atoms. The lowest BCUT2D eigenvalue weighted by Gasteiger charge is -2.17. The third-order valence-electron chi connectivity index (χ3n) is 4.75. The molecular weight excluding hydrogens is 324 g/mol. The molecule has 7 nitrogen and oxygen atoms in total. The predicted molar refractivity (Wildman–Crippen MR) is 86.7 cm³/mol. The molecule has 2 aromatic rings. The lowest BCUT2D eigenvalue weighted by molar-refractivity contribution is -0.137. The minimum absolute atomic E-state index is 0.0244. The van der Waals surface area contributed by atoms with E-state index in [1.807, 2.05) is 24.3 Å². The first-order valence-corrected chi connectivity index (χ1v) is 8.25. The van der Waals surface area contributed by atoms with E-state index in [2.05, 4.69) is 4.98 Å². The van der Waals surface area contributed by atoms with Gasteiger partial charge in [0.15, 0.2) is 11.4 Å². The van der Waals surface area contributed by atoms with Gasteiger partial charge >= 0.3 is 6.09 Å². The van der Waals surface area contributed by atoms with Crippen LogP contribution in [0.5, 0.6) is 5.75 Å². The fourth-order valence-corrected chi connectivity index (χ4v) is 3.42. The van der Waals surface area contributed by atoms with Gasteiger partial charge in [-0.3, -0.25) is 4.79 Å². The summed E-state index contributed by atoms with van der Waals surface area (Å²) < 4.78 is 16.3. The zero-order valence-corrected chi connectivity index (χ0v) is 13.9. The van der Waals surface area contributed by atoms with E-state index < -0.39 is 11.7 Å². The van der Waals surface area contributed by atoms with Crippen LogP contribution in [0.3, 0.4) is 0 Å². The molecule has 2 aliphatic rings. The van der Waals surface area contributed by atoms with Gasteiger partial charge in [0.05, 0.1) is 13.3 Å². The van der Waals surface area contributed by atoms with Crippen molar-refractivity contribution >= 4 is 12.0 Å². The lowest BCUT2D eigenvalue weighted by Crippen LogP contribution is -2.38. The number of oxazole rings is 1. The summed E-state index contributed by atoms with van der Waals surface area (Å²) in [6, 6.07) is 7.38. The second-order valence-corrected chi connectivity index (χ2v) is 6.31. The van der Waals surface area contributed by atoms with Crippen molar-refractivity contribution in [3.63, 3.8) is 0 Å². The average molecular weight is 342 g/mol. The lowest BCUT2D eigenvalue weighted by atomic mass is 10.0. The van der Waals surface area contributed by atoms with Crippen LogP contribution >= 0.6 is 0 Å². The molecule has 2 fully saturated rings. The van der Waals surface area contributed by atoms with Crippen molar-refractivity contribution in [3.8, 4) is 17.1 Å². The Balaban J connectivity index is 1.53. The average Bonchev–Trinajstić information content (AvgIpc) is 3.33. The first kappa shape index (κ1) is 15.7.